The number of nitrogens with two attached hydrogens (primary N) is 1. The van der Waals surface area contributed by atoms with Crippen molar-refractivity contribution in [3.05, 3.63) is 29.8 Å². The fourth-order valence-electron chi connectivity index (χ4n) is 2.16. The molecule has 0 bridgehead atoms. The van der Waals surface area contributed by atoms with Gasteiger partial charge in [0.15, 0.2) is 0 Å². The molecule has 21 heavy (non-hydrogen) atoms. The molecule has 0 heterocycles. The van der Waals surface area contributed by atoms with E-state index in [1.54, 1.807) is 31.3 Å². The zero-order valence-corrected chi connectivity index (χ0v) is 13.2. The van der Waals surface area contributed by atoms with Crippen molar-refractivity contribution in [1.82, 2.24) is 5.32 Å². The van der Waals surface area contributed by atoms with Gasteiger partial charge in [0.1, 0.15) is 0 Å². The summed E-state index contributed by atoms with van der Waals surface area (Å²) in [6.07, 6.45) is 1.07. The highest BCUT2D eigenvalue weighted by Crippen LogP contribution is 2.21. The van der Waals surface area contributed by atoms with E-state index in [9.17, 15) is 9.59 Å². The van der Waals surface area contributed by atoms with Crippen LogP contribution >= 0.6 is 0 Å². The summed E-state index contributed by atoms with van der Waals surface area (Å²) in [4.78, 5) is 23.3. The van der Waals surface area contributed by atoms with Crippen molar-refractivity contribution >= 4 is 17.5 Å². The highest BCUT2D eigenvalue weighted by Gasteiger charge is 2.18. The Kier molecular flexibility index (Phi) is 5.90. The smallest absolute Gasteiger partial charge is 0.251 e. The molecule has 1 aromatic carbocycles. The highest BCUT2D eigenvalue weighted by atomic mass is 16.2. The Bertz CT molecular complexity index is 489. The monoisotopic (exact) mass is 291 g/mol. The van der Waals surface area contributed by atoms with Crippen LogP contribution in [-0.2, 0) is 4.79 Å². The van der Waals surface area contributed by atoms with Crippen molar-refractivity contribution in [1.29, 1.82) is 0 Å². The molecule has 0 spiro atoms. The number of carbonyl (C=O) groups excluding carboxylic acids is 2. The first-order valence-electron chi connectivity index (χ1n) is 7.09. The number of hydrogen-bond donors (Lipinski definition) is 3. The molecule has 0 aliphatic heterocycles. The van der Waals surface area contributed by atoms with Gasteiger partial charge in [0, 0.05) is 30.8 Å². The minimum atomic E-state index is -0.157. The van der Waals surface area contributed by atoms with Gasteiger partial charge in [-0.15, -0.1) is 0 Å². The predicted molar refractivity (Wildman–Crippen MR) is 85.1 cm³/mol. The zero-order chi connectivity index (χ0) is 16.0. The summed E-state index contributed by atoms with van der Waals surface area (Å²) in [6.45, 7) is 6.30. The van der Waals surface area contributed by atoms with E-state index in [-0.39, 0.29) is 29.7 Å². The normalized spacial score (nSPS) is 12.6. The number of benzene rings is 1. The second-order valence-corrected chi connectivity index (χ2v) is 6.43. The second kappa shape index (κ2) is 7.22. The van der Waals surface area contributed by atoms with Crippen molar-refractivity contribution in [2.75, 3.05) is 12.4 Å². The van der Waals surface area contributed by atoms with Crippen molar-refractivity contribution in [2.24, 2.45) is 11.1 Å². The van der Waals surface area contributed by atoms with Crippen LogP contribution in [0.1, 0.15) is 44.0 Å². The number of anilines is 1. The summed E-state index contributed by atoms with van der Waals surface area (Å²) in [5.74, 6) is -0.264. The summed E-state index contributed by atoms with van der Waals surface area (Å²) in [7, 11) is 1.58. The average Bonchev–Trinajstić information content (AvgIpc) is 2.36. The molecule has 0 saturated heterocycles. The summed E-state index contributed by atoms with van der Waals surface area (Å²) in [5, 5.41) is 5.34. The Morgan fingerprint density at radius 1 is 1.19 bits per heavy atom. The van der Waals surface area contributed by atoms with Crippen molar-refractivity contribution in [2.45, 2.75) is 39.7 Å². The molecule has 0 aliphatic carbocycles. The van der Waals surface area contributed by atoms with Crippen molar-refractivity contribution in [3.8, 4) is 0 Å². The van der Waals surface area contributed by atoms with Gasteiger partial charge in [-0.05, 0) is 36.1 Å². The van der Waals surface area contributed by atoms with Gasteiger partial charge in [0.2, 0.25) is 5.91 Å². The van der Waals surface area contributed by atoms with Gasteiger partial charge < -0.3 is 16.4 Å². The van der Waals surface area contributed by atoms with Crippen LogP contribution in [0.3, 0.4) is 0 Å². The first-order chi connectivity index (χ1) is 9.71. The van der Waals surface area contributed by atoms with Crippen LogP contribution in [0.5, 0.6) is 0 Å². The molecule has 0 aliphatic rings. The summed E-state index contributed by atoms with van der Waals surface area (Å²) < 4.78 is 0. The van der Waals surface area contributed by atoms with Gasteiger partial charge in [0.05, 0.1) is 0 Å². The van der Waals surface area contributed by atoms with Crippen LogP contribution < -0.4 is 16.4 Å². The topological polar surface area (TPSA) is 84.2 Å². The fourth-order valence-corrected chi connectivity index (χ4v) is 2.16. The van der Waals surface area contributed by atoms with Gasteiger partial charge in [-0.3, -0.25) is 9.59 Å². The largest absolute Gasteiger partial charge is 0.355 e. The van der Waals surface area contributed by atoms with Crippen LogP contribution in [0.2, 0.25) is 0 Å². The lowest BCUT2D eigenvalue weighted by Crippen LogP contribution is -2.31. The SMILES string of the molecule is CNC(=O)c1ccc(NC(=O)CC(N)CC(C)(C)C)cc1. The Hall–Kier alpha value is -1.88. The Labute approximate surface area is 126 Å². The Balaban J connectivity index is 2.53. The fraction of sp³-hybridized carbons (Fsp3) is 0.500. The molecule has 0 saturated carbocycles. The third kappa shape index (κ3) is 6.40. The Morgan fingerprint density at radius 2 is 1.76 bits per heavy atom. The minimum absolute atomic E-state index is 0.106. The maximum Gasteiger partial charge on any atom is 0.251 e. The number of rotatable bonds is 5. The van der Waals surface area contributed by atoms with E-state index in [1.165, 1.54) is 0 Å². The molecule has 1 aromatic rings. The van der Waals surface area contributed by atoms with E-state index in [0.717, 1.165) is 6.42 Å². The molecule has 5 nitrogen and oxygen atoms in total. The molecular weight excluding hydrogens is 266 g/mol. The van der Waals surface area contributed by atoms with Crippen LogP contribution in [0, 0.1) is 5.41 Å². The van der Waals surface area contributed by atoms with Gasteiger partial charge >= 0.3 is 0 Å². The van der Waals surface area contributed by atoms with E-state index in [4.69, 9.17) is 5.73 Å². The third-order valence-corrected chi connectivity index (χ3v) is 2.98. The summed E-state index contributed by atoms with van der Waals surface area (Å²) in [5.41, 5.74) is 7.31. The maximum atomic E-state index is 11.9. The van der Waals surface area contributed by atoms with Crippen LogP contribution in [-0.4, -0.2) is 24.9 Å². The molecule has 0 radical (unpaired) electrons. The summed E-state index contributed by atoms with van der Waals surface area (Å²) >= 11 is 0. The van der Waals surface area contributed by atoms with E-state index >= 15 is 0 Å². The standard InChI is InChI=1S/C16H25N3O2/c1-16(2,3)10-12(17)9-14(20)19-13-7-5-11(6-8-13)15(21)18-4/h5-8,12H,9-10,17H2,1-4H3,(H,18,21)(H,19,20). The zero-order valence-electron chi connectivity index (χ0n) is 13.2. The maximum absolute atomic E-state index is 11.9. The second-order valence-electron chi connectivity index (χ2n) is 6.43. The lowest BCUT2D eigenvalue weighted by atomic mass is 9.87. The molecule has 2 amide bonds. The van der Waals surface area contributed by atoms with Crippen LogP contribution in [0.15, 0.2) is 24.3 Å². The van der Waals surface area contributed by atoms with E-state index in [0.29, 0.717) is 11.3 Å². The number of amides is 2. The molecule has 116 valence electrons. The molecule has 4 N–H and O–H groups in total. The Morgan fingerprint density at radius 3 is 2.24 bits per heavy atom. The van der Waals surface area contributed by atoms with Gasteiger partial charge in [-0.1, -0.05) is 20.8 Å². The quantitative estimate of drug-likeness (QED) is 0.777. The van der Waals surface area contributed by atoms with Gasteiger partial charge in [0.25, 0.3) is 5.91 Å². The number of nitrogens with one attached hydrogen (secondary N) is 2. The molecule has 5 heteroatoms. The average molecular weight is 291 g/mol. The molecule has 0 fully saturated rings. The van der Waals surface area contributed by atoms with E-state index in [2.05, 4.69) is 31.4 Å². The van der Waals surface area contributed by atoms with Gasteiger partial charge in [-0.25, -0.2) is 0 Å². The lowest BCUT2D eigenvalue weighted by molar-refractivity contribution is -0.116. The molecule has 1 unspecified atom stereocenters. The van der Waals surface area contributed by atoms with E-state index in [1.807, 2.05) is 0 Å². The molecule has 0 aromatic heterocycles. The van der Waals surface area contributed by atoms with Crippen LogP contribution in [0.25, 0.3) is 0 Å². The lowest BCUT2D eigenvalue weighted by Gasteiger charge is -2.22. The molecular formula is C16H25N3O2. The molecule has 1 atom stereocenters. The number of carbonyl (C=O) groups is 2. The third-order valence-electron chi connectivity index (χ3n) is 2.98. The van der Waals surface area contributed by atoms with E-state index < -0.39 is 0 Å². The number of hydrogen-bond acceptors (Lipinski definition) is 3. The van der Waals surface area contributed by atoms with Crippen LogP contribution in [0.4, 0.5) is 5.69 Å². The van der Waals surface area contributed by atoms with Crippen molar-refractivity contribution < 1.29 is 9.59 Å². The first-order valence-corrected chi connectivity index (χ1v) is 7.09. The molecule has 1 rings (SSSR count). The van der Waals surface area contributed by atoms with Crippen molar-refractivity contribution in [3.63, 3.8) is 0 Å². The summed E-state index contributed by atoms with van der Waals surface area (Å²) in [6, 6.07) is 6.60. The first kappa shape index (κ1) is 17.2. The minimum Gasteiger partial charge on any atom is -0.355 e. The highest BCUT2D eigenvalue weighted by molar-refractivity contribution is 5.95. The van der Waals surface area contributed by atoms with Gasteiger partial charge in [-0.2, -0.15) is 0 Å². The predicted octanol–water partition coefficient (Wildman–Crippen LogP) is 2.14.